The van der Waals surface area contributed by atoms with Gasteiger partial charge in [0.05, 0.1) is 16.0 Å². The van der Waals surface area contributed by atoms with E-state index in [1.165, 1.54) is 0 Å². The Morgan fingerprint density at radius 3 is 2.58 bits per heavy atom. The third kappa shape index (κ3) is 0.816. The van der Waals surface area contributed by atoms with Gasteiger partial charge in [-0.05, 0) is 12.1 Å². The molecule has 0 bridgehead atoms. The Morgan fingerprint density at radius 1 is 1.17 bits per heavy atom. The number of carbonyl (C=O) groups excluding carboxylic acids is 2. The second kappa shape index (κ2) is 2.28. The molecular formula is C8H4NO2S. The zero-order valence-corrected chi connectivity index (χ0v) is 6.77. The molecule has 59 valence electrons. The van der Waals surface area contributed by atoms with Crippen molar-refractivity contribution < 1.29 is 9.59 Å². The minimum Gasteiger partial charge on any atom is -0.288 e. The molecule has 0 saturated carbocycles. The third-order valence-electron chi connectivity index (χ3n) is 1.72. The number of fused-ring (bicyclic) bond motifs is 1. The lowest BCUT2D eigenvalue weighted by Crippen LogP contribution is -2.20. The minimum atomic E-state index is -0.388. The van der Waals surface area contributed by atoms with E-state index in [-0.39, 0.29) is 11.8 Å². The molecule has 12 heavy (non-hydrogen) atoms. The van der Waals surface area contributed by atoms with Gasteiger partial charge in [-0.25, -0.2) is 0 Å². The number of rotatable bonds is 0. The Hall–Kier alpha value is -1.42. The predicted molar refractivity (Wildman–Crippen MR) is 44.1 cm³/mol. The number of amides is 2. The maximum Gasteiger partial charge on any atom is 0.260 e. The lowest BCUT2D eigenvalue weighted by Gasteiger charge is -1.94. The van der Waals surface area contributed by atoms with Crippen LogP contribution < -0.4 is 5.32 Å². The fraction of sp³-hybridized carbons (Fsp3) is 0. The standard InChI is InChI=1S/C8H4NO2S/c10-7-4-2-1-3-5(12)6(4)8(11)9-7/h1-3H,(H,9,10,11). The smallest absolute Gasteiger partial charge is 0.260 e. The highest BCUT2D eigenvalue weighted by Crippen LogP contribution is 2.22. The van der Waals surface area contributed by atoms with E-state index in [9.17, 15) is 9.59 Å². The number of hydrogen-bond donors (Lipinski definition) is 1. The van der Waals surface area contributed by atoms with Gasteiger partial charge < -0.3 is 0 Å². The summed E-state index contributed by atoms with van der Waals surface area (Å²) < 4.78 is 0. The van der Waals surface area contributed by atoms with Crippen LogP contribution in [0.2, 0.25) is 0 Å². The molecule has 0 fully saturated rings. The van der Waals surface area contributed by atoms with Gasteiger partial charge in [-0.15, -0.1) is 0 Å². The first kappa shape index (κ1) is 7.24. The highest BCUT2D eigenvalue weighted by atomic mass is 32.1. The zero-order valence-electron chi connectivity index (χ0n) is 5.96. The van der Waals surface area contributed by atoms with E-state index < -0.39 is 0 Å². The lowest BCUT2D eigenvalue weighted by atomic mass is 10.1. The van der Waals surface area contributed by atoms with E-state index in [1.54, 1.807) is 18.2 Å². The molecule has 1 N–H and O–H groups in total. The lowest BCUT2D eigenvalue weighted by molar-refractivity contribution is 0.0879. The number of benzene rings is 1. The van der Waals surface area contributed by atoms with Crippen LogP contribution in [0.1, 0.15) is 20.7 Å². The largest absolute Gasteiger partial charge is 0.288 e. The summed E-state index contributed by atoms with van der Waals surface area (Å²) in [7, 11) is 0. The maximum absolute atomic E-state index is 11.1. The zero-order chi connectivity index (χ0) is 8.72. The molecule has 1 radical (unpaired) electrons. The molecule has 2 amide bonds. The normalized spacial score (nSPS) is 14.3. The molecule has 0 aliphatic carbocycles. The van der Waals surface area contributed by atoms with E-state index in [4.69, 9.17) is 12.6 Å². The molecule has 1 aliphatic rings. The second-order valence-electron chi connectivity index (χ2n) is 2.46. The quantitative estimate of drug-likeness (QED) is 0.605. The third-order valence-corrected chi connectivity index (χ3v) is 2.07. The van der Waals surface area contributed by atoms with Crippen LogP contribution in [-0.4, -0.2) is 11.8 Å². The van der Waals surface area contributed by atoms with Crippen molar-refractivity contribution in [3.8, 4) is 0 Å². The van der Waals surface area contributed by atoms with E-state index in [2.05, 4.69) is 5.32 Å². The molecule has 1 aromatic carbocycles. The van der Waals surface area contributed by atoms with Gasteiger partial charge in [0.2, 0.25) is 0 Å². The Balaban J connectivity index is 2.75. The summed E-state index contributed by atoms with van der Waals surface area (Å²) in [6, 6.07) is 4.89. The van der Waals surface area contributed by atoms with Crippen LogP contribution in [0.3, 0.4) is 0 Å². The Bertz CT molecular complexity index is 387. The summed E-state index contributed by atoms with van der Waals surface area (Å²) in [6.45, 7) is 0. The van der Waals surface area contributed by atoms with Gasteiger partial charge in [0.25, 0.3) is 11.8 Å². The first-order valence-electron chi connectivity index (χ1n) is 3.36. The van der Waals surface area contributed by atoms with Crippen LogP contribution in [0.15, 0.2) is 23.1 Å². The molecule has 2 rings (SSSR count). The van der Waals surface area contributed by atoms with Crippen molar-refractivity contribution in [1.82, 2.24) is 5.32 Å². The predicted octanol–water partition coefficient (Wildman–Crippen LogP) is 1.13. The van der Waals surface area contributed by atoms with Crippen LogP contribution in [-0.2, 0) is 0 Å². The summed E-state index contributed by atoms with van der Waals surface area (Å²) in [5.41, 5.74) is 0.713. The molecule has 0 aromatic heterocycles. The summed E-state index contributed by atoms with van der Waals surface area (Å²) in [6.07, 6.45) is 0. The fourth-order valence-corrected chi connectivity index (χ4v) is 1.47. The van der Waals surface area contributed by atoms with Crippen LogP contribution in [0.25, 0.3) is 0 Å². The summed E-state index contributed by atoms with van der Waals surface area (Å²) >= 11 is 4.90. The fourth-order valence-electron chi connectivity index (χ4n) is 1.19. The number of nitrogens with one attached hydrogen (secondary N) is 1. The van der Waals surface area contributed by atoms with Crippen LogP contribution in [0.5, 0.6) is 0 Å². The van der Waals surface area contributed by atoms with Gasteiger partial charge in [-0.2, -0.15) is 0 Å². The van der Waals surface area contributed by atoms with Crippen molar-refractivity contribution in [3.05, 3.63) is 29.3 Å². The average Bonchev–Trinajstić information content (AvgIpc) is 2.29. The molecule has 0 atom stereocenters. The molecular weight excluding hydrogens is 174 g/mol. The van der Waals surface area contributed by atoms with Crippen molar-refractivity contribution in [2.75, 3.05) is 0 Å². The highest BCUT2D eigenvalue weighted by Gasteiger charge is 2.28. The van der Waals surface area contributed by atoms with Crippen LogP contribution >= 0.6 is 12.6 Å². The molecule has 3 nitrogen and oxygen atoms in total. The van der Waals surface area contributed by atoms with E-state index in [0.29, 0.717) is 16.0 Å². The van der Waals surface area contributed by atoms with Gasteiger partial charge >= 0.3 is 0 Å². The second-order valence-corrected chi connectivity index (χ2v) is 2.90. The first-order valence-corrected chi connectivity index (χ1v) is 3.76. The molecule has 1 heterocycles. The molecule has 4 heteroatoms. The summed E-state index contributed by atoms with van der Waals surface area (Å²) in [5.74, 6) is -0.748. The molecule has 0 unspecified atom stereocenters. The van der Waals surface area contributed by atoms with E-state index in [0.717, 1.165) is 0 Å². The van der Waals surface area contributed by atoms with E-state index in [1.807, 2.05) is 0 Å². The first-order chi connectivity index (χ1) is 5.70. The molecule has 0 spiro atoms. The molecule has 1 aliphatic heterocycles. The SMILES string of the molecule is O=C1NC(=O)c2c([S])cccc21. The van der Waals surface area contributed by atoms with Crippen molar-refractivity contribution in [1.29, 1.82) is 0 Å². The Morgan fingerprint density at radius 2 is 1.92 bits per heavy atom. The summed E-state index contributed by atoms with van der Waals surface area (Å²) in [4.78, 5) is 22.6. The van der Waals surface area contributed by atoms with Crippen molar-refractivity contribution in [3.63, 3.8) is 0 Å². The van der Waals surface area contributed by atoms with Crippen molar-refractivity contribution >= 4 is 24.4 Å². The minimum absolute atomic E-state index is 0.331. The van der Waals surface area contributed by atoms with Gasteiger partial charge in [0, 0.05) is 0 Å². The van der Waals surface area contributed by atoms with Gasteiger partial charge in [-0.3, -0.25) is 14.9 Å². The Kier molecular flexibility index (Phi) is 1.38. The summed E-state index contributed by atoms with van der Waals surface area (Å²) in [5, 5.41) is 2.18. The van der Waals surface area contributed by atoms with E-state index >= 15 is 0 Å². The van der Waals surface area contributed by atoms with Gasteiger partial charge in [0.15, 0.2) is 0 Å². The molecule has 1 aromatic rings. The monoisotopic (exact) mass is 178 g/mol. The topological polar surface area (TPSA) is 46.2 Å². The van der Waals surface area contributed by atoms with Crippen LogP contribution in [0.4, 0.5) is 0 Å². The number of hydrogen-bond acceptors (Lipinski definition) is 2. The van der Waals surface area contributed by atoms with Crippen molar-refractivity contribution in [2.45, 2.75) is 4.90 Å². The van der Waals surface area contributed by atoms with Crippen molar-refractivity contribution in [2.24, 2.45) is 0 Å². The average molecular weight is 178 g/mol. The Labute approximate surface area is 74.2 Å². The molecule has 0 saturated heterocycles. The van der Waals surface area contributed by atoms with Crippen LogP contribution in [0, 0.1) is 0 Å². The number of imide groups is 1. The van der Waals surface area contributed by atoms with Gasteiger partial charge in [0.1, 0.15) is 0 Å². The highest BCUT2D eigenvalue weighted by molar-refractivity contribution is 7.80. The number of carbonyl (C=O) groups is 2. The maximum atomic E-state index is 11.1. The van der Waals surface area contributed by atoms with Gasteiger partial charge in [-0.1, -0.05) is 18.7 Å².